The van der Waals surface area contributed by atoms with Gasteiger partial charge in [-0.3, -0.25) is 0 Å². The Labute approximate surface area is 94.2 Å². The molecule has 1 aromatic heterocycles. The van der Waals surface area contributed by atoms with Gasteiger partial charge in [0.1, 0.15) is 12.0 Å². The van der Waals surface area contributed by atoms with Gasteiger partial charge in [0.2, 0.25) is 0 Å². The third-order valence-corrected chi connectivity index (χ3v) is 2.54. The molecule has 6 N–H and O–H groups in total. The number of nitrogens with zero attached hydrogens (tertiary/aromatic N) is 1. The Kier molecular flexibility index (Phi) is 3.19. The number of H-pyrrole nitrogens is 1. The summed E-state index contributed by atoms with van der Waals surface area (Å²) in [6, 6.07) is 6.15. The number of aromatic nitrogens is 2. The highest BCUT2D eigenvalue weighted by Crippen LogP contribution is 2.15. The van der Waals surface area contributed by atoms with Crippen LogP contribution in [0.25, 0.3) is 11.0 Å². The van der Waals surface area contributed by atoms with Crippen LogP contribution in [-0.4, -0.2) is 23.6 Å². The van der Waals surface area contributed by atoms with Crippen molar-refractivity contribution in [2.24, 2.45) is 11.5 Å². The van der Waals surface area contributed by atoms with Crippen molar-refractivity contribution in [2.75, 3.05) is 13.6 Å². The molecule has 1 aromatic carbocycles. The van der Waals surface area contributed by atoms with Crippen molar-refractivity contribution in [3.63, 3.8) is 0 Å². The number of fused-ring (bicyclic) bond motifs is 1. The first-order valence-electron chi connectivity index (χ1n) is 5.35. The maximum Gasteiger partial charge on any atom is 0.138 e. The lowest BCUT2D eigenvalue weighted by Crippen LogP contribution is -2.21. The zero-order valence-corrected chi connectivity index (χ0v) is 9.33. The Morgan fingerprint density at radius 3 is 2.94 bits per heavy atom. The number of nitrogens with one attached hydrogen (secondary N) is 2. The Bertz CT molecular complexity index is 474. The number of likely N-dealkylation sites (N-methyl/N-ethyl adjacent to an activating group) is 1. The number of hydrogen-bond acceptors (Lipinski definition) is 4. The Balaban J connectivity index is 2.30. The van der Waals surface area contributed by atoms with Crippen LogP contribution in [0.5, 0.6) is 0 Å². The summed E-state index contributed by atoms with van der Waals surface area (Å²) in [5, 5.41) is 3.12. The van der Waals surface area contributed by atoms with Crippen molar-refractivity contribution in [3.8, 4) is 0 Å². The number of aromatic amines is 1. The van der Waals surface area contributed by atoms with Gasteiger partial charge in [0.05, 0.1) is 11.0 Å². The first-order chi connectivity index (χ1) is 7.70. The predicted molar refractivity (Wildman–Crippen MR) is 64.8 cm³/mol. The normalized spacial score (nSPS) is 11.5. The van der Waals surface area contributed by atoms with Crippen LogP contribution >= 0.6 is 0 Å². The van der Waals surface area contributed by atoms with Crippen molar-refractivity contribution in [1.29, 1.82) is 0 Å². The molecule has 0 aliphatic heterocycles. The highest BCUT2D eigenvalue weighted by molar-refractivity contribution is 5.75. The molecule has 5 heteroatoms. The molecule has 2 aromatic rings. The second-order valence-corrected chi connectivity index (χ2v) is 3.85. The van der Waals surface area contributed by atoms with Gasteiger partial charge in [-0.1, -0.05) is 6.07 Å². The molecule has 0 saturated carbocycles. The van der Waals surface area contributed by atoms with Crippen molar-refractivity contribution >= 4 is 11.0 Å². The summed E-state index contributed by atoms with van der Waals surface area (Å²) in [5.41, 5.74) is 14.3. The van der Waals surface area contributed by atoms with Gasteiger partial charge >= 0.3 is 0 Å². The molecule has 0 aliphatic carbocycles. The van der Waals surface area contributed by atoms with Gasteiger partial charge in [0.25, 0.3) is 0 Å². The van der Waals surface area contributed by atoms with Crippen LogP contribution in [-0.2, 0) is 6.42 Å². The molecule has 0 atom stereocenters. The molecule has 0 aliphatic rings. The minimum atomic E-state index is -0.548. The Morgan fingerprint density at radius 2 is 2.25 bits per heavy atom. The molecule has 16 heavy (non-hydrogen) atoms. The van der Waals surface area contributed by atoms with Crippen LogP contribution in [0.15, 0.2) is 18.2 Å². The minimum Gasteiger partial charge on any atom is -0.340 e. The van der Waals surface area contributed by atoms with Gasteiger partial charge in [-0.25, -0.2) is 4.98 Å². The zero-order chi connectivity index (χ0) is 11.5. The van der Waals surface area contributed by atoms with E-state index in [0.29, 0.717) is 5.82 Å². The number of rotatable bonds is 4. The molecule has 1 heterocycles. The van der Waals surface area contributed by atoms with E-state index in [1.54, 1.807) is 0 Å². The molecule has 0 fully saturated rings. The quantitative estimate of drug-likeness (QED) is 0.554. The van der Waals surface area contributed by atoms with Crippen LogP contribution in [0.2, 0.25) is 0 Å². The van der Waals surface area contributed by atoms with Gasteiger partial charge < -0.3 is 21.8 Å². The van der Waals surface area contributed by atoms with Crippen LogP contribution < -0.4 is 16.8 Å². The van der Waals surface area contributed by atoms with E-state index in [2.05, 4.69) is 27.4 Å². The fourth-order valence-electron chi connectivity index (χ4n) is 1.66. The molecule has 86 valence electrons. The molecular weight excluding hydrogens is 202 g/mol. The summed E-state index contributed by atoms with van der Waals surface area (Å²) in [4.78, 5) is 7.44. The van der Waals surface area contributed by atoms with Crippen molar-refractivity contribution in [1.82, 2.24) is 15.3 Å². The van der Waals surface area contributed by atoms with E-state index in [4.69, 9.17) is 11.5 Å². The molecular formula is C11H17N5. The molecule has 0 unspecified atom stereocenters. The topological polar surface area (TPSA) is 92.8 Å². The predicted octanol–water partition coefficient (Wildman–Crippen LogP) is 0.241. The molecule has 0 bridgehead atoms. The van der Waals surface area contributed by atoms with Gasteiger partial charge in [-0.2, -0.15) is 0 Å². The summed E-state index contributed by atoms with van der Waals surface area (Å²) in [6.45, 7) is 0.961. The lowest BCUT2D eigenvalue weighted by Gasteiger charge is -1.99. The minimum absolute atomic E-state index is 0.548. The van der Waals surface area contributed by atoms with Crippen LogP contribution in [0.4, 0.5) is 0 Å². The second-order valence-electron chi connectivity index (χ2n) is 3.85. The van der Waals surface area contributed by atoms with Crippen LogP contribution in [0, 0.1) is 0 Å². The highest BCUT2D eigenvalue weighted by atomic mass is 15.0. The lowest BCUT2D eigenvalue weighted by molar-refractivity contribution is 0.722. The maximum atomic E-state index is 5.57. The smallest absolute Gasteiger partial charge is 0.138 e. The van der Waals surface area contributed by atoms with E-state index in [9.17, 15) is 0 Å². The average molecular weight is 219 g/mol. The van der Waals surface area contributed by atoms with Gasteiger partial charge in [-0.05, 0) is 37.7 Å². The number of nitrogens with two attached hydrogens (primary N) is 2. The maximum absolute atomic E-state index is 5.57. The lowest BCUT2D eigenvalue weighted by atomic mass is 10.1. The number of hydrogen-bond donors (Lipinski definition) is 4. The van der Waals surface area contributed by atoms with Crippen molar-refractivity contribution < 1.29 is 0 Å². The largest absolute Gasteiger partial charge is 0.340 e. The monoisotopic (exact) mass is 219 g/mol. The summed E-state index contributed by atoms with van der Waals surface area (Å²) >= 11 is 0. The van der Waals surface area contributed by atoms with E-state index < -0.39 is 6.17 Å². The highest BCUT2D eigenvalue weighted by Gasteiger charge is 2.06. The Hall–Kier alpha value is -1.43. The third kappa shape index (κ3) is 2.21. The summed E-state index contributed by atoms with van der Waals surface area (Å²) in [5.74, 6) is 0.626. The zero-order valence-electron chi connectivity index (χ0n) is 9.33. The SMILES string of the molecule is CNCCc1ccc2nc(C(N)N)[nH]c2c1. The van der Waals surface area contributed by atoms with Crippen LogP contribution in [0.3, 0.4) is 0 Å². The van der Waals surface area contributed by atoms with E-state index in [1.165, 1.54) is 5.56 Å². The van der Waals surface area contributed by atoms with E-state index >= 15 is 0 Å². The fourth-order valence-corrected chi connectivity index (χ4v) is 1.66. The third-order valence-electron chi connectivity index (χ3n) is 2.54. The average Bonchev–Trinajstić information content (AvgIpc) is 2.69. The van der Waals surface area contributed by atoms with Gasteiger partial charge in [0, 0.05) is 0 Å². The van der Waals surface area contributed by atoms with Gasteiger partial charge in [-0.15, -0.1) is 0 Å². The number of benzene rings is 1. The fraction of sp³-hybridized carbons (Fsp3) is 0.364. The van der Waals surface area contributed by atoms with Crippen molar-refractivity contribution in [3.05, 3.63) is 29.6 Å². The molecule has 0 saturated heterocycles. The summed E-state index contributed by atoms with van der Waals surface area (Å²) in [6.07, 6.45) is 0.448. The summed E-state index contributed by atoms with van der Waals surface area (Å²) < 4.78 is 0. The summed E-state index contributed by atoms with van der Waals surface area (Å²) in [7, 11) is 1.94. The second kappa shape index (κ2) is 4.61. The van der Waals surface area contributed by atoms with E-state index in [0.717, 1.165) is 24.0 Å². The van der Waals surface area contributed by atoms with E-state index in [-0.39, 0.29) is 0 Å². The number of imidazole rings is 1. The van der Waals surface area contributed by atoms with Gasteiger partial charge in [0.15, 0.2) is 0 Å². The van der Waals surface area contributed by atoms with E-state index in [1.807, 2.05) is 13.1 Å². The molecule has 5 nitrogen and oxygen atoms in total. The molecule has 2 rings (SSSR count). The first-order valence-corrected chi connectivity index (χ1v) is 5.35. The van der Waals surface area contributed by atoms with Crippen LogP contribution in [0.1, 0.15) is 17.6 Å². The molecule has 0 radical (unpaired) electrons. The van der Waals surface area contributed by atoms with Crippen molar-refractivity contribution in [2.45, 2.75) is 12.6 Å². The Morgan fingerprint density at radius 1 is 1.44 bits per heavy atom. The standard InChI is InChI=1S/C11H17N5/c1-14-5-4-7-2-3-8-9(6-7)16-11(15-8)10(12)13/h2-3,6,10,14H,4-5,12-13H2,1H3,(H,15,16). The molecule has 0 amide bonds. The molecule has 0 spiro atoms. The first kappa shape index (κ1) is 11.1.